The summed E-state index contributed by atoms with van der Waals surface area (Å²) >= 11 is 1.89. The predicted octanol–water partition coefficient (Wildman–Crippen LogP) is 6.65. The van der Waals surface area contributed by atoms with E-state index in [1.807, 2.05) is 11.3 Å². The summed E-state index contributed by atoms with van der Waals surface area (Å²) in [4.78, 5) is 0. The van der Waals surface area contributed by atoms with Crippen LogP contribution < -0.4 is 0 Å². The minimum Gasteiger partial charge on any atom is -0.135 e. The smallest absolute Gasteiger partial charge is 0.0361 e. The van der Waals surface area contributed by atoms with E-state index in [1.54, 1.807) is 0 Å². The molecule has 0 aliphatic carbocycles. The van der Waals surface area contributed by atoms with Crippen molar-refractivity contribution in [2.45, 2.75) is 20.8 Å². The van der Waals surface area contributed by atoms with Gasteiger partial charge in [-0.2, -0.15) is 0 Å². The van der Waals surface area contributed by atoms with Gasteiger partial charge in [0.05, 0.1) is 0 Å². The average molecular weight is 302 g/mol. The topological polar surface area (TPSA) is 0 Å². The lowest BCUT2D eigenvalue weighted by Gasteiger charge is -2.11. The van der Waals surface area contributed by atoms with Crippen LogP contribution in [-0.2, 0) is 0 Å². The van der Waals surface area contributed by atoms with E-state index in [4.69, 9.17) is 0 Å². The summed E-state index contributed by atoms with van der Waals surface area (Å²) in [6.45, 7) is 6.59. The van der Waals surface area contributed by atoms with Crippen molar-refractivity contribution >= 4 is 31.5 Å². The third kappa shape index (κ3) is 2.05. The molecule has 108 valence electrons. The lowest BCUT2D eigenvalue weighted by Crippen LogP contribution is -1.89. The van der Waals surface area contributed by atoms with Crippen LogP contribution >= 0.6 is 11.3 Å². The van der Waals surface area contributed by atoms with Crippen LogP contribution in [-0.4, -0.2) is 0 Å². The van der Waals surface area contributed by atoms with Crippen molar-refractivity contribution < 1.29 is 0 Å². The Balaban J connectivity index is 1.99. The van der Waals surface area contributed by atoms with Gasteiger partial charge in [0.15, 0.2) is 0 Å². The molecule has 0 saturated heterocycles. The quantitative estimate of drug-likeness (QED) is 0.369. The van der Waals surface area contributed by atoms with E-state index in [0.29, 0.717) is 0 Å². The monoisotopic (exact) mass is 302 g/mol. The number of hydrogen-bond acceptors (Lipinski definition) is 1. The van der Waals surface area contributed by atoms with Crippen LogP contribution in [0, 0.1) is 20.8 Å². The Morgan fingerprint density at radius 3 is 2.14 bits per heavy atom. The van der Waals surface area contributed by atoms with Crippen molar-refractivity contribution in [2.75, 3.05) is 0 Å². The van der Waals surface area contributed by atoms with Crippen molar-refractivity contribution in [3.63, 3.8) is 0 Å². The average Bonchev–Trinajstić information content (AvgIpc) is 2.84. The van der Waals surface area contributed by atoms with E-state index in [9.17, 15) is 0 Å². The summed E-state index contributed by atoms with van der Waals surface area (Å²) in [5, 5.41) is 2.73. The third-order valence-electron chi connectivity index (χ3n) is 4.34. The molecule has 3 aromatic carbocycles. The Morgan fingerprint density at radius 2 is 1.36 bits per heavy atom. The van der Waals surface area contributed by atoms with Crippen molar-refractivity contribution in [3.05, 3.63) is 71.3 Å². The molecule has 0 N–H and O–H groups in total. The first-order chi connectivity index (χ1) is 10.6. The number of fused-ring (bicyclic) bond motifs is 3. The summed E-state index contributed by atoms with van der Waals surface area (Å²) < 4.78 is 2.74. The zero-order valence-electron chi connectivity index (χ0n) is 13.1. The predicted molar refractivity (Wildman–Crippen MR) is 99.0 cm³/mol. The Hall–Kier alpha value is -2.12. The van der Waals surface area contributed by atoms with Gasteiger partial charge >= 0.3 is 0 Å². The summed E-state index contributed by atoms with van der Waals surface area (Å²) in [5.74, 6) is 0. The van der Waals surface area contributed by atoms with Gasteiger partial charge in [-0.1, -0.05) is 48.0 Å². The molecule has 0 bridgehead atoms. The van der Waals surface area contributed by atoms with Gasteiger partial charge in [-0.25, -0.2) is 0 Å². The molecule has 0 atom stereocenters. The Bertz CT molecular complexity index is 982. The molecule has 1 heteroatoms. The van der Waals surface area contributed by atoms with Gasteiger partial charge in [0.1, 0.15) is 0 Å². The van der Waals surface area contributed by atoms with Gasteiger partial charge in [-0.05, 0) is 55.2 Å². The first kappa shape index (κ1) is 13.5. The van der Waals surface area contributed by atoms with Crippen molar-refractivity contribution in [1.82, 2.24) is 0 Å². The Labute approximate surface area is 135 Å². The zero-order valence-corrected chi connectivity index (χ0v) is 13.9. The molecule has 4 rings (SSSR count). The number of thiophene rings is 1. The lowest BCUT2D eigenvalue weighted by molar-refractivity contribution is 1.32. The molecular formula is C21H18S. The summed E-state index contributed by atoms with van der Waals surface area (Å²) in [7, 11) is 0. The van der Waals surface area contributed by atoms with Gasteiger partial charge < -0.3 is 0 Å². The second-order valence-corrected chi connectivity index (χ2v) is 7.17. The minimum atomic E-state index is 1.33. The highest BCUT2D eigenvalue weighted by Gasteiger charge is 2.10. The van der Waals surface area contributed by atoms with Gasteiger partial charge in [0.2, 0.25) is 0 Å². The maximum absolute atomic E-state index is 2.35. The van der Waals surface area contributed by atoms with Gasteiger partial charge in [-0.15, -0.1) is 11.3 Å². The summed E-state index contributed by atoms with van der Waals surface area (Å²) in [6, 6.07) is 20.1. The second-order valence-electron chi connectivity index (χ2n) is 6.08. The van der Waals surface area contributed by atoms with Gasteiger partial charge in [0.25, 0.3) is 0 Å². The van der Waals surface area contributed by atoms with Gasteiger partial charge in [0, 0.05) is 20.2 Å². The van der Waals surface area contributed by atoms with E-state index < -0.39 is 0 Å². The van der Waals surface area contributed by atoms with Crippen LogP contribution in [0.2, 0.25) is 0 Å². The molecule has 0 amide bonds. The largest absolute Gasteiger partial charge is 0.135 e. The van der Waals surface area contributed by atoms with E-state index in [1.165, 1.54) is 48.0 Å². The summed E-state index contributed by atoms with van der Waals surface area (Å²) in [6.07, 6.45) is 0. The third-order valence-corrected chi connectivity index (χ3v) is 5.48. The molecule has 0 radical (unpaired) electrons. The van der Waals surface area contributed by atoms with Crippen LogP contribution in [0.5, 0.6) is 0 Å². The molecule has 0 aliphatic heterocycles. The van der Waals surface area contributed by atoms with Crippen LogP contribution in [0.1, 0.15) is 16.7 Å². The van der Waals surface area contributed by atoms with Crippen LogP contribution in [0.25, 0.3) is 31.3 Å². The first-order valence-corrected chi connectivity index (χ1v) is 8.44. The van der Waals surface area contributed by atoms with E-state index in [2.05, 4.69) is 75.4 Å². The number of rotatable bonds is 1. The highest BCUT2D eigenvalue weighted by atomic mass is 32.1. The second kappa shape index (κ2) is 4.96. The van der Waals surface area contributed by atoms with Crippen LogP contribution in [0.3, 0.4) is 0 Å². The van der Waals surface area contributed by atoms with Crippen molar-refractivity contribution in [2.24, 2.45) is 0 Å². The van der Waals surface area contributed by atoms with E-state index in [-0.39, 0.29) is 0 Å². The fourth-order valence-electron chi connectivity index (χ4n) is 3.52. The molecule has 0 aliphatic rings. The fraction of sp³-hybridized carbons (Fsp3) is 0.143. The molecule has 0 nitrogen and oxygen atoms in total. The molecule has 22 heavy (non-hydrogen) atoms. The normalized spacial score (nSPS) is 11.4. The zero-order chi connectivity index (χ0) is 15.3. The fourth-order valence-corrected chi connectivity index (χ4v) is 4.66. The van der Waals surface area contributed by atoms with Crippen molar-refractivity contribution in [1.29, 1.82) is 0 Å². The lowest BCUT2D eigenvalue weighted by atomic mass is 9.93. The molecule has 0 saturated carbocycles. The minimum absolute atomic E-state index is 1.33. The van der Waals surface area contributed by atoms with E-state index in [0.717, 1.165) is 0 Å². The maximum Gasteiger partial charge on any atom is 0.0361 e. The highest BCUT2D eigenvalue weighted by Crippen LogP contribution is 2.37. The van der Waals surface area contributed by atoms with Crippen LogP contribution in [0.4, 0.5) is 0 Å². The molecule has 1 heterocycles. The van der Waals surface area contributed by atoms with Crippen LogP contribution in [0.15, 0.2) is 54.6 Å². The molecule has 0 fully saturated rings. The standard InChI is InChI=1S/C21H18S/c1-13-10-14(2)21(15(3)11-13)16-8-9-18-17-6-4-5-7-19(17)22-20(18)12-16/h4-12H,1-3H3. The molecule has 0 unspecified atom stereocenters. The maximum atomic E-state index is 2.35. The summed E-state index contributed by atoms with van der Waals surface area (Å²) in [5.41, 5.74) is 6.76. The molecular weight excluding hydrogens is 284 g/mol. The molecule has 1 aromatic heterocycles. The molecule has 4 aromatic rings. The highest BCUT2D eigenvalue weighted by molar-refractivity contribution is 7.25. The Kier molecular flexibility index (Phi) is 3.05. The first-order valence-electron chi connectivity index (χ1n) is 7.63. The van der Waals surface area contributed by atoms with Crippen molar-refractivity contribution in [3.8, 4) is 11.1 Å². The van der Waals surface area contributed by atoms with Gasteiger partial charge in [-0.3, -0.25) is 0 Å². The number of hydrogen-bond donors (Lipinski definition) is 0. The van der Waals surface area contributed by atoms with E-state index >= 15 is 0 Å². The Morgan fingerprint density at radius 1 is 0.682 bits per heavy atom. The SMILES string of the molecule is Cc1cc(C)c(-c2ccc3c(c2)sc2ccccc23)c(C)c1. The molecule has 0 spiro atoms. The number of aryl methyl sites for hydroxylation is 3. The number of benzene rings is 3.